The molecule has 0 unspecified atom stereocenters. The van der Waals surface area contributed by atoms with Gasteiger partial charge in [0.25, 0.3) is 0 Å². The van der Waals surface area contributed by atoms with Gasteiger partial charge in [-0.15, -0.1) is 0 Å². The Labute approximate surface area is 164 Å². The molecule has 0 atom stereocenters. The molecular formula is C20H26N4O4. The summed E-state index contributed by atoms with van der Waals surface area (Å²) < 4.78 is 15.8. The smallest absolute Gasteiger partial charge is 0.227 e. The van der Waals surface area contributed by atoms with Crippen molar-refractivity contribution in [2.24, 2.45) is 0 Å². The fourth-order valence-corrected chi connectivity index (χ4v) is 2.98. The molecule has 1 aromatic carbocycles. The number of nitrogens with zero attached hydrogens (tertiary/aromatic N) is 3. The first kappa shape index (κ1) is 19.9. The van der Waals surface area contributed by atoms with Crippen molar-refractivity contribution in [3.05, 3.63) is 41.6 Å². The number of likely N-dealkylation sites (N-methyl/N-ethyl adjacent to an activating group) is 1. The van der Waals surface area contributed by atoms with Gasteiger partial charge in [0.15, 0.2) is 5.82 Å². The number of benzene rings is 1. The fraction of sp³-hybridized carbons (Fsp3) is 0.450. The third-order valence-corrected chi connectivity index (χ3v) is 4.70. The summed E-state index contributed by atoms with van der Waals surface area (Å²) in [6.07, 6.45) is 3.70. The second kappa shape index (κ2) is 9.36. The van der Waals surface area contributed by atoms with Crippen LogP contribution in [0.1, 0.15) is 30.1 Å². The van der Waals surface area contributed by atoms with Gasteiger partial charge in [0.05, 0.1) is 14.2 Å². The zero-order valence-electron chi connectivity index (χ0n) is 16.5. The quantitative estimate of drug-likeness (QED) is 0.743. The summed E-state index contributed by atoms with van der Waals surface area (Å²) in [5.41, 5.74) is 1.95. The number of hydrogen-bond acceptors (Lipinski definition) is 7. The van der Waals surface area contributed by atoms with Crippen molar-refractivity contribution in [2.75, 3.05) is 34.4 Å². The molecule has 1 N–H and O–H groups in total. The number of aryl methyl sites for hydroxylation is 1. The molecule has 0 radical (unpaired) electrons. The summed E-state index contributed by atoms with van der Waals surface area (Å²) in [4.78, 5) is 18.8. The lowest BCUT2D eigenvalue weighted by molar-refractivity contribution is -0.121. The van der Waals surface area contributed by atoms with E-state index in [1.807, 2.05) is 18.2 Å². The van der Waals surface area contributed by atoms with Crippen LogP contribution in [-0.4, -0.2) is 55.3 Å². The van der Waals surface area contributed by atoms with Crippen LogP contribution in [-0.2, 0) is 17.8 Å². The van der Waals surface area contributed by atoms with E-state index in [1.54, 1.807) is 14.2 Å². The number of carbonyl (C=O) groups is 1. The Hall–Kier alpha value is -2.87. The maximum absolute atomic E-state index is 12.2. The summed E-state index contributed by atoms with van der Waals surface area (Å²) >= 11 is 0. The molecule has 0 fully saturated rings. The van der Waals surface area contributed by atoms with Gasteiger partial charge >= 0.3 is 0 Å². The van der Waals surface area contributed by atoms with Crippen molar-refractivity contribution in [3.8, 4) is 11.5 Å². The van der Waals surface area contributed by atoms with Gasteiger partial charge in [0.2, 0.25) is 11.8 Å². The standard InChI is InChI=1S/C20H26N4O4/c1-24-10-8-14(9-11-24)20-22-19(28-23-20)7-6-18(25)21-13-15-12-16(26-2)4-5-17(15)27-3/h4-5,8,12H,6-7,9-11,13H2,1-3H3,(H,21,25). The average molecular weight is 386 g/mol. The van der Waals surface area contributed by atoms with Gasteiger partial charge in [-0.3, -0.25) is 4.79 Å². The molecule has 0 bridgehead atoms. The number of nitrogens with one attached hydrogen (secondary N) is 1. The average Bonchev–Trinajstić information content (AvgIpc) is 3.20. The number of rotatable bonds is 8. The summed E-state index contributed by atoms with van der Waals surface area (Å²) in [7, 11) is 5.28. The highest BCUT2D eigenvalue weighted by molar-refractivity contribution is 5.76. The summed E-state index contributed by atoms with van der Waals surface area (Å²) in [5.74, 6) is 2.43. The highest BCUT2D eigenvalue weighted by atomic mass is 16.5. The Bertz CT molecular complexity index is 846. The van der Waals surface area contributed by atoms with Gasteiger partial charge < -0.3 is 24.2 Å². The second-order valence-corrected chi connectivity index (χ2v) is 6.71. The van der Waals surface area contributed by atoms with E-state index in [4.69, 9.17) is 14.0 Å². The molecule has 28 heavy (non-hydrogen) atoms. The molecule has 0 aliphatic carbocycles. The maximum Gasteiger partial charge on any atom is 0.227 e. The topological polar surface area (TPSA) is 89.7 Å². The molecule has 3 rings (SSSR count). The van der Waals surface area contributed by atoms with Crippen LogP contribution in [0.25, 0.3) is 5.57 Å². The number of ether oxygens (including phenoxy) is 2. The Morgan fingerprint density at radius 3 is 2.89 bits per heavy atom. The van der Waals surface area contributed by atoms with Crippen molar-refractivity contribution in [1.82, 2.24) is 20.4 Å². The molecule has 0 saturated carbocycles. The molecule has 1 aromatic heterocycles. The lowest BCUT2D eigenvalue weighted by Crippen LogP contribution is -2.24. The first-order valence-electron chi connectivity index (χ1n) is 9.27. The van der Waals surface area contributed by atoms with Crippen LogP contribution in [0, 0.1) is 0 Å². The molecule has 1 aliphatic heterocycles. The predicted octanol–water partition coefficient (Wildman–Crippen LogP) is 2.05. The molecule has 1 aliphatic rings. The van der Waals surface area contributed by atoms with Crippen molar-refractivity contribution < 1.29 is 18.8 Å². The van der Waals surface area contributed by atoms with E-state index < -0.39 is 0 Å². The number of methoxy groups -OCH3 is 2. The minimum atomic E-state index is -0.0943. The van der Waals surface area contributed by atoms with Crippen LogP contribution in [0.2, 0.25) is 0 Å². The molecule has 150 valence electrons. The highest BCUT2D eigenvalue weighted by Crippen LogP contribution is 2.24. The van der Waals surface area contributed by atoms with E-state index >= 15 is 0 Å². The van der Waals surface area contributed by atoms with Crippen LogP contribution < -0.4 is 14.8 Å². The fourth-order valence-electron chi connectivity index (χ4n) is 2.98. The van der Waals surface area contributed by atoms with Crippen molar-refractivity contribution >= 4 is 11.5 Å². The monoisotopic (exact) mass is 386 g/mol. The van der Waals surface area contributed by atoms with E-state index in [2.05, 4.69) is 33.5 Å². The van der Waals surface area contributed by atoms with Crippen LogP contribution in [0.3, 0.4) is 0 Å². The largest absolute Gasteiger partial charge is 0.497 e. The second-order valence-electron chi connectivity index (χ2n) is 6.71. The summed E-state index contributed by atoms with van der Waals surface area (Å²) in [5, 5.41) is 6.93. The Morgan fingerprint density at radius 2 is 2.18 bits per heavy atom. The summed E-state index contributed by atoms with van der Waals surface area (Å²) in [6, 6.07) is 5.48. The van der Waals surface area contributed by atoms with E-state index in [9.17, 15) is 4.79 Å². The van der Waals surface area contributed by atoms with E-state index in [0.29, 0.717) is 36.2 Å². The molecule has 2 heterocycles. The number of aromatic nitrogens is 2. The summed E-state index contributed by atoms with van der Waals surface area (Å²) in [6.45, 7) is 2.22. The minimum Gasteiger partial charge on any atom is -0.497 e. The Morgan fingerprint density at radius 1 is 1.32 bits per heavy atom. The number of hydrogen-bond donors (Lipinski definition) is 1. The molecule has 8 heteroatoms. The normalized spacial score (nSPS) is 14.5. The van der Waals surface area contributed by atoms with Crippen molar-refractivity contribution in [3.63, 3.8) is 0 Å². The minimum absolute atomic E-state index is 0.0943. The SMILES string of the molecule is COc1ccc(OC)c(CNC(=O)CCc2nc(C3=CCN(C)CC3)no2)c1. The van der Waals surface area contributed by atoms with Gasteiger partial charge in [0, 0.05) is 38.0 Å². The van der Waals surface area contributed by atoms with Crippen LogP contribution in [0.15, 0.2) is 28.8 Å². The van der Waals surface area contributed by atoms with Crippen LogP contribution in [0.5, 0.6) is 11.5 Å². The zero-order valence-corrected chi connectivity index (χ0v) is 16.5. The molecule has 0 spiro atoms. The third kappa shape index (κ3) is 5.10. The lowest BCUT2D eigenvalue weighted by atomic mass is 10.1. The first-order valence-corrected chi connectivity index (χ1v) is 9.27. The molecule has 2 aromatic rings. The Kier molecular flexibility index (Phi) is 6.65. The van der Waals surface area contributed by atoms with Crippen molar-refractivity contribution in [1.29, 1.82) is 0 Å². The zero-order chi connectivity index (χ0) is 19.9. The van der Waals surface area contributed by atoms with Gasteiger partial charge in [-0.2, -0.15) is 4.98 Å². The maximum atomic E-state index is 12.2. The van der Waals surface area contributed by atoms with Crippen LogP contribution >= 0.6 is 0 Å². The molecule has 1 amide bonds. The number of amides is 1. The third-order valence-electron chi connectivity index (χ3n) is 4.70. The van der Waals surface area contributed by atoms with E-state index in [1.165, 1.54) is 0 Å². The van der Waals surface area contributed by atoms with E-state index in [0.717, 1.165) is 30.6 Å². The van der Waals surface area contributed by atoms with Crippen molar-refractivity contribution in [2.45, 2.75) is 25.8 Å². The van der Waals surface area contributed by atoms with Crippen LogP contribution in [0.4, 0.5) is 0 Å². The predicted molar refractivity (Wildman–Crippen MR) is 104 cm³/mol. The molecular weight excluding hydrogens is 360 g/mol. The van der Waals surface area contributed by atoms with Gasteiger partial charge in [-0.05, 0) is 37.2 Å². The van der Waals surface area contributed by atoms with Gasteiger partial charge in [-0.1, -0.05) is 11.2 Å². The molecule has 8 nitrogen and oxygen atoms in total. The Balaban J connectivity index is 1.50. The molecule has 0 saturated heterocycles. The number of carbonyl (C=O) groups excluding carboxylic acids is 1. The highest BCUT2D eigenvalue weighted by Gasteiger charge is 2.16. The first-order chi connectivity index (χ1) is 13.6. The van der Waals surface area contributed by atoms with E-state index in [-0.39, 0.29) is 12.3 Å². The van der Waals surface area contributed by atoms with Gasteiger partial charge in [-0.25, -0.2) is 0 Å². The van der Waals surface area contributed by atoms with Gasteiger partial charge in [0.1, 0.15) is 11.5 Å². The lowest BCUT2D eigenvalue weighted by Gasteiger charge is -2.19.